The van der Waals surface area contributed by atoms with Crippen molar-refractivity contribution in [3.05, 3.63) is 60.6 Å². The molecular weight excluding hydrogens is 362 g/mol. The molecule has 0 spiro atoms. The Hall–Kier alpha value is -2.66. The number of aromatic nitrogens is 3. The maximum atomic E-state index is 6.29. The molecule has 3 aromatic rings. The van der Waals surface area contributed by atoms with E-state index in [1.165, 1.54) is 0 Å². The van der Waals surface area contributed by atoms with Gasteiger partial charge in [-0.15, -0.1) is 0 Å². The number of hydrogen-bond acceptors (Lipinski definition) is 4. The molecule has 0 saturated carbocycles. The molecule has 0 unspecified atom stereocenters. The van der Waals surface area contributed by atoms with E-state index in [4.69, 9.17) is 14.6 Å². The van der Waals surface area contributed by atoms with Gasteiger partial charge in [-0.25, -0.2) is 4.68 Å². The highest BCUT2D eigenvalue weighted by Gasteiger charge is 2.41. The Morgan fingerprint density at radius 1 is 1.00 bits per heavy atom. The van der Waals surface area contributed by atoms with Crippen LogP contribution in [0.1, 0.15) is 52.1 Å². The SMILES string of the molecule is COc1ccccc1-n1nc(C2CC(C)(C)OC(C)(C)C2)cc1-c1ccncc1. The smallest absolute Gasteiger partial charge is 0.144 e. The minimum atomic E-state index is -0.183. The van der Waals surface area contributed by atoms with Crippen molar-refractivity contribution in [2.45, 2.75) is 57.7 Å². The minimum absolute atomic E-state index is 0.183. The van der Waals surface area contributed by atoms with Gasteiger partial charge in [0.1, 0.15) is 11.4 Å². The van der Waals surface area contributed by atoms with E-state index in [2.05, 4.69) is 38.7 Å². The molecule has 0 amide bonds. The molecule has 0 N–H and O–H groups in total. The lowest BCUT2D eigenvalue weighted by Crippen LogP contribution is -2.44. The summed E-state index contributed by atoms with van der Waals surface area (Å²) in [6.07, 6.45) is 5.51. The summed E-state index contributed by atoms with van der Waals surface area (Å²) in [5.41, 5.74) is 3.77. The number of benzene rings is 1. The number of hydrogen-bond donors (Lipinski definition) is 0. The van der Waals surface area contributed by atoms with Crippen molar-refractivity contribution in [1.29, 1.82) is 0 Å². The zero-order valence-corrected chi connectivity index (χ0v) is 17.8. The first-order valence-electron chi connectivity index (χ1n) is 10.1. The average molecular weight is 392 g/mol. The monoisotopic (exact) mass is 391 g/mol. The summed E-state index contributed by atoms with van der Waals surface area (Å²) in [4.78, 5) is 4.17. The zero-order valence-electron chi connectivity index (χ0n) is 17.8. The highest BCUT2D eigenvalue weighted by atomic mass is 16.5. The molecule has 1 aromatic carbocycles. The Morgan fingerprint density at radius 3 is 2.31 bits per heavy atom. The van der Waals surface area contributed by atoms with Crippen LogP contribution < -0.4 is 4.74 Å². The van der Waals surface area contributed by atoms with Crippen LogP contribution in [0.5, 0.6) is 5.75 Å². The van der Waals surface area contributed by atoms with Crippen LogP contribution in [-0.4, -0.2) is 33.1 Å². The first kappa shape index (κ1) is 19.6. The highest BCUT2D eigenvalue weighted by molar-refractivity contribution is 5.64. The molecule has 5 nitrogen and oxygen atoms in total. The van der Waals surface area contributed by atoms with Gasteiger partial charge in [0, 0.05) is 23.9 Å². The van der Waals surface area contributed by atoms with E-state index in [0.717, 1.165) is 41.2 Å². The Labute approximate surface area is 172 Å². The van der Waals surface area contributed by atoms with Crippen molar-refractivity contribution in [1.82, 2.24) is 14.8 Å². The molecule has 0 radical (unpaired) electrons. The number of nitrogens with zero attached hydrogens (tertiary/aromatic N) is 3. The van der Waals surface area contributed by atoms with E-state index in [1.54, 1.807) is 7.11 Å². The van der Waals surface area contributed by atoms with Gasteiger partial charge < -0.3 is 9.47 Å². The molecule has 3 heterocycles. The fourth-order valence-electron chi connectivity index (χ4n) is 4.61. The number of rotatable bonds is 4. The van der Waals surface area contributed by atoms with Gasteiger partial charge in [-0.3, -0.25) is 4.98 Å². The molecule has 0 aliphatic carbocycles. The van der Waals surface area contributed by atoms with Gasteiger partial charge in [0.15, 0.2) is 0 Å². The van der Waals surface area contributed by atoms with Crippen molar-refractivity contribution in [3.63, 3.8) is 0 Å². The molecule has 2 aromatic heterocycles. The molecule has 5 heteroatoms. The van der Waals surface area contributed by atoms with E-state index in [1.807, 2.05) is 53.5 Å². The van der Waals surface area contributed by atoms with Gasteiger partial charge in [-0.2, -0.15) is 5.10 Å². The number of methoxy groups -OCH3 is 1. The predicted octanol–water partition coefficient (Wildman–Crippen LogP) is 5.39. The molecule has 1 saturated heterocycles. The molecule has 152 valence electrons. The van der Waals surface area contributed by atoms with E-state index in [-0.39, 0.29) is 11.2 Å². The predicted molar refractivity (Wildman–Crippen MR) is 115 cm³/mol. The molecule has 0 bridgehead atoms. The van der Waals surface area contributed by atoms with E-state index >= 15 is 0 Å². The van der Waals surface area contributed by atoms with Crippen molar-refractivity contribution in [2.75, 3.05) is 7.11 Å². The van der Waals surface area contributed by atoms with Crippen LogP contribution in [-0.2, 0) is 4.74 Å². The van der Waals surface area contributed by atoms with Crippen LogP contribution in [0.3, 0.4) is 0 Å². The van der Waals surface area contributed by atoms with E-state index in [9.17, 15) is 0 Å². The van der Waals surface area contributed by atoms with Gasteiger partial charge in [0.05, 0.1) is 29.7 Å². The summed E-state index contributed by atoms with van der Waals surface area (Å²) in [5.74, 6) is 1.12. The van der Waals surface area contributed by atoms with Crippen LogP contribution in [0.4, 0.5) is 0 Å². The quantitative estimate of drug-likeness (QED) is 0.598. The van der Waals surface area contributed by atoms with Crippen molar-refractivity contribution in [2.24, 2.45) is 0 Å². The summed E-state index contributed by atoms with van der Waals surface area (Å²) in [5, 5.41) is 5.08. The second kappa shape index (κ2) is 7.30. The third-order valence-corrected chi connectivity index (χ3v) is 5.46. The lowest BCUT2D eigenvalue weighted by Gasteiger charge is -2.45. The van der Waals surface area contributed by atoms with Gasteiger partial charge in [-0.1, -0.05) is 12.1 Å². The van der Waals surface area contributed by atoms with Gasteiger partial charge in [0.2, 0.25) is 0 Å². The number of para-hydroxylation sites is 2. The largest absolute Gasteiger partial charge is 0.494 e. The van der Waals surface area contributed by atoms with Crippen molar-refractivity contribution >= 4 is 0 Å². The lowest BCUT2D eigenvalue weighted by atomic mass is 9.79. The van der Waals surface area contributed by atoms with Crippen LogP contribution >= 0.6 is 0 Å². The maximum absolute atomic E-state index is 6.29. The van der Waals surface area contributed by atoms with Gasteiger partial charge >= 0.3 is 0 Å². The van der Waals surface area contributed by atoms with Crippen molar-refractivity contribution < 1.29 is 9.47 Å². The molecule has 0 atom stereocenters. The van der Waals surface area contributed by atoms with Gasteiger partial charge in [-0.05, 0) is 70.9 Å². The van der Waals surface area contributed by atoms with Crippen molar-refractivity contribution in [3.8, 4) is 22.7 Å². The summed E-state index contributed by atoms with van der Waals surface area (Å²) >= 11 is 0. The molecule has 29 heavy (non-hydrogen) atoms. The Balaban J connectivity index is 1.84. The topological polar surface area (TPSA) is 49.2 Å². The van der Waals surface area contributed by atoms with E-state index in [0.29, 0.717) is 5.92 Å². The number of ether oxygens (including phenoxy) is 2. The minimum Gasteiger partial charge on any atom is -0.494 e. The molecule has 1 fully saturated rings. The van der Waals surface area contributed by atoms with Crippen LogP contribution in [0.2, 0.25) is 0 Å². The fourth-order valence-corrected chi connectivity index (χ4v) is 4.61. The summed E-state index contributed by atoms with van der Waals surface area (Å²) in [6, 6.07) is 14.2. The summed E-state index contributed by atoms with van der Waals surface area (Å²) in [6.45, 7) is 8.67. The third-order valence-electron chi connectivity index (χ3n) is 5.46. The average Bonchev–Trinajstić information content (AvgIpc) is 3.11. The second-order valence-corrected chi connectivity index (χ2v) is 9.00. The summed E-state index contributed by atoms with van der Waals surface area (Å²) < 4.78 is 13.9. The molecule has 1 aliphatic heterocycles. The first-order valence-corrected chi connectivity index (χ1v) is 10.1. The zero-order chi connectivity index (χ0) is 20.6. The molecule has 4 rings (SSSR count). The normalized spacial score (nSPS) is 18.5. The fraction of sp³-hybridized carbons (Fsp3) is 0.417. The van der Waals surface area contributed by atoms with Crippen LogP contribution in [0.15, 0.2) is 54.9 Å². The van der Waals surface area contributed by atoms with Crippen LogP contribution in [0.25, 0.3) is 16.9 Å². The lowest BCUT2D eigenvalue weighted by molar-refractivity contribution is -0.162. The van der Waals surface area contributed by atoms with E-state index < -0.39 is 0 Å². The standard InChI is InChI=1S/C24H29N3O2/c1-23(2)15-18(16-24(3,4)29-23)19-14-21(17-10-12-25-13-11-17)27(26-19)20-8-6-7-9-22(20)28-5/h6-14,18H,15-16H2,1-5H3. The third kappa shape index (κ3) is 4.06. The summed E-state index contributed by atoms with van der Waals surface area (Å²) in [7, 11) is 1.69. The molecule has 1 aliphatic rings. The van der Waals surface area contributed by atoms with Crippen LogP contribution in [0, 0.1) is 0 Å². The Kier molecular flexibility index (Phi) is 4.95. The highest BCUT2D eigenvalue weighted by Crippen LogP contribution is 2.44. The first-order chi connectivity index (χ1) is 13.8. The Morgan fingerprint density at radius 2 is 1.66 bits per heavy atom. The second-order valence-electron chi connectivity index (χ2n) is 9.00. The Bertz CT molecular complexity index is 976. The number of pyridine rings is 1. The van der Waals surface area contributed by atoms with Gasteiger partial charge in [0.25, 0.3) is 0 Å². The molecular formula is C24H29N3O2. The maximum Gasteiger partial charge on any atom is 0.144 e.